The largest absolute Gasteiger partial charge is 0.480 e. The van der Waals surface area contributed by atoms with E-state index in [0.29, 0.717) is 52.3 Å². The third kappa shape index (κ3) is 5.83. The Balaban J connectivity index is 1.35. The van der Waals surface area contributed by atoms with Crippen molar-refractivity contribution in [2.45, 2.75) is 4.90 Å². The summed E-state index contributed by atoms with van der Waals surface area (Å²) < 4.78 is 66.6. The molecule has 1 fully saturated rings. The third-order valence-electron chi connectivity index (χ3n) is 7.27. The van der Waals surface area contributed by atoms with Gasteiger partial charge in [-0.2, -0.15) is 0 Å². The van der Waals surface area contributed by atoms with Gasteiger partial charge in [-0.3, -0.25) is 4.72 Å². The number of ether oxygens (including phenoxy) is 2. The monoisotopic (exact) mass is 637 g/mol. The summed E-state index contributed by atoms with van der Waals surface area (Å²) in [6.07, 6.45) is 1.52. The lowest BCUT2D eigenvalue weighted by Gasteiger charge is -2.29. The lowest BCUT2D eigenvalue weighted by atomic mass is 10.0. The average molecular weight is 638 g/mol. The second-order valence-electron chi connectivity index (χ2n) is 10.1. The minimum Gasteiger partial charge on any atom is -0.480 e. The number of hydrogen-bond donors (Lipinski definition) is 2. The number of anilines is 3. The number of nitrogens with two attached hydrogens (primary N) is 1. The smallest absolute Gasteiger partial charge is 0.264 e. The number of hydrogen-bond acceptors (Lipinski definition) is 8. The molecule has 9 nitrogen and oxygen atoms in total. The maximum absolute atomic E-state index is 14.3. The van der Waals surface area contributed by atoms with Crippen molar-refractivity contribution < 1.29 is 26.7 Å². The van der Waals surface area contributed by atoms with Crippen LogP contribution in [0.4, 0.5) is 26.0 Å². The van der Waals surface area contributed by atoms with Gasteiger partial charge >= 0.3 is 0 Å². The molecule has 0 unspecified atom stereocenters. The van der Waals surface area contributed by atoms with Gasteiger partial charge < -0.3 is 20.1 Å². The number of rotatable bonds is 7. The summed E-state index contributed by atoms with van der Waals surface area (Å²) in [7, 11) is -3.12. The minimum absolute atomic E-state index is 0.0305. The third-order valence-corrected chi connectivity index (χ3v) is 8.98. The molecule has 3 N–H and O–H groups in total. The topological polar surface area (TPSA) is 120 Å². The first-order valence-electron chi connectivity index (χ1n) is 13.5. The first-order valence-corrected chi connectivity index (χ1v) is 15.3. The Labute approximate surface area is 257 Å². The number of morpholine rings is 1. The van der Waals surface area contributed by atoms with Crippen molar-refractivity contribution in [3.63, 3.8) is 0 Å². The van der Waals surface area contributed by atoms with Crippen LogP contribution >= 0.6 is 11.6 Å². The summed E-state index contributed by atoms with van der Waals surface area (Å²) in [6.45, 7) is 2.88. The maximum atomic E-state index is 14.3. The molecule has 0 atom stereocenters. The van der Waals surface area contributed by atoms with Crippen molar-refractivity contribution in [2.24, 2.45) is 0 Å². The maximum Gasteiger partial charge on any atom is 0.264 e. The van der Waals surface area contributed by atoms with E-state index in [4.69, 9.17) is 26.8 Å². The molecular weight excluding hydrogens is 612 g/mol. The van der Waals surface area contributed by atoms with Crippen molar-refractivity contribution in [1.29, 1.82) is 0 Å². The minimum atomic E-state index is -4.44. The van der Waals surface area contributed by atoms with E-state index in [0.717, 1.165) is 41.9 Å². The lowest BCUT2D eigenvalue weighted by molar-refractivity contribution is 0.122. The number of fused-ring (bicyclic) bond motifs is 1. The Hall–Kier alpha value is -4.52. The summed E-state index contributed by atoms with van der Waals surface area (Å²) >= 11 is 6.73. The van der Waals surface area contributed by atoms with Gasteiger partial charge in [0.15, 0.2) is 0 Å². The van der Waals surface area contributed by atoms with Gasteiger partial charge in [-0.05, 0) is 54.1 Å². The second kappa shape index (κ2) is 11.9. The number of nitrogens with zero attached hydrogens (tertiary/aromatic N) is 3. The van der Waals surface area contributed by atoms with Gasteiger partial charge in [-0.25, -0.2) is 27.2 Å². The molecule has 5 aromatic rings. The molecule has 0 aliphatic carbocycles. The first kappa shape index (κ1) is 29.5. The molecule has 0 spiro atoms. The summed E-state index contributed by atoms with van der Waals surface area (Å²) in [5, 5.41) is 1.29. The predicted octanol–water partition coefficient (Wildman–Crippen LogP) is 6.12. The number of methoxy groups -OCH3 is 1. The Morgan fingerprint density at radius 1 is 0.977 bits per heavy atom. The van der Waals surface area contributed by atoms with E-state index >= 15 is 0 Å². The van der Waals surface area contributed by atoms with Crippen molar-refractivity contribution >= 4 is 49.7 Å². The summed E-state index contributed by atoms with van der Waals surface area (Å²) in [5.74, 6) is -1.84. The molecule has 6 rings (SSSR count). The van der Waals surface area contributed by atoms with Crippen LogP contribution < -0.4 is 20.1 Å². The number of halogens is 3. The van der Waals surface area contributed by atoms with E-state index in [-0.39, 0.29) is 11.6 Å². The SMILES string of the molecule is COc1ncc(-c2ccc3nc(N)c(-c4ccc(N5CCOCC5)cc4Cl)cc3c2)cc1NS(=O)(=O)c1ccc(F)cc1F. The van der Waals surface area contributed by atoms with Crippen molar-refractivity contribution in [3.8, 4) is 28.1 Å². The fraction of sp³-hybridized carbons (Fsp3) is 0.161. The van der Waals surface area contributed by atoms with Crippen LogP contribution in [0.3, 0.4) is 0 Å². The predicted molar refractivity (Wildman–Crippen MR) is 167 cm³/mol. The van der Waals surface area contributed by atoms with E-state index in [2.05, 4.69) is 19.6 Å². The highest BCUT2D eigenvalue weighted by Crippen LogP contribution is 2.37. The van der Waals surface area contributed by atoms with Gasteiger partial charge in [-0.15, -0.1) is 0 Å². The standard InChI is InChI=1S/C31H26ClF2N5O4S/c1-42-31-28(38-44(40,41)29-7-3-21(33)15-26(29)34)14-20(17-36-31)18-2-6-27-19(12-18)13-24(30(35)37-27)23-5-4-22(16-25(23)32)39-8-10-43-11-9-39/h2-7,12-17,38H,8-11H2,1H3,(H2,35,37). The molecule has 0 radical (unpaired) electrons. The molecule has 3 heterocycles. The molecule has 1 aliphatic rings. The molecule has 0 bridgehead atoms. The number of pyridine rings is 2. The van der Waals surface area contributed by atoms with Crippen LogP contribution in [0.2, 0.25) is 5.02 Å². The van der Waals surface area contributed by atoms with E-state index in [1.165, 1.54) is 19.4 Å². The zero-order chi connectivity index (χ0) is 31.0. The Morgan fingerprint density at radius 2 is 1.77 bits per heavy atom. The molecule has 3 aromatic carbocycles. The summed E-state index contributed by atoms with van der Waals surface area (Å²) in [6, 6.07) is 16.9. The van der Waals surface area contributed by atoms with Crippen LogP contribution in [-0.4, -0.2) is 51.8 Å². The van der Waals surface area contributed by atoms with Gasteiger partial charge in [0, 0.05) is 53.1 Å². The molecule has 1 aliphatic heterocycles. The molecule has 2 aromatic heterocycles. The molecule has 0 amide bonds. The quantitative estimate of drug-likeness (QED) is 0.219. The van der Waals surface area contributed by atoms with Crippen molar-refractivity contribution in [1.82, 2.24) is 9.97 Å². The van der Waals surface area contributed by atoms with E-state index in [1.807, 2.05) is 30.3 Å². The normalized spacial score (nSPS) is 13.7. The first-order chi connectivity index (χ1) is 21.1. The molecule has 226 valence electrons. The second-order valence-corrected chi connectivity index (χ2v) is 12.1. The van der Waals surface area contributed by atoms with Crippen LogP contribution in [0, 0.1) is 11.6 Å². The molecule has 1 saturated heterocycles. The van der Waals surface area contributed by atoms with Gasteiger partial charge in [0.1, 0.15) is 28.0 Å². The molecule has 0 saturated carbocycles. The Morgan fingerprint density at radius 3 is 2.50 bits per heavy atom. The van der Waals surface area contributed by atoms with Gasteiger partial charge in [0.2, 0.25) is 5.88 Å². The van der Waals surface area contributed by atoms with E-state index in [1.54, 1.807) is 12.1 Å². The fourth-order valence-corrected chi connectivity index (χ4v) is 6.45. The fourth-order valence-electron chi connectivity index (χ4n) is 5.07. The zero-order valence-electron chi connectivity index (χ0n) is 23.4. The molecular formula is C31H26ClF2N5O4S. The number of nitrogen functional groups attached to an aromatic ring is 1. The van der Waals surface area contributed by atoms with E-state index in [9.17, 15) is 17.2 Å². The number of benzene rings is 3. The number of sulfonamides is 1. The molecule has 13 heteroatoms. The van der Waals surface area contributed by atoms with Crippen LogP contribution in [-0.2, 0) is 14.8 Å². The highest BCUT2D eigenvalue weighted by Gasteiger charge is 2.22. The highest BCUT2D eigenvalue weighted by molar-refractivity contribution is 7.92. The zero-order valence-corrected chi connectivity index (χ0v) is 24.9. The Bertz CT molecular complexity index is 2010. The average Bonchev–Trinajstić information content (AvgIpc) is 3.00. The van der Waals surface area contributed by atoms with Crippen LogP contribution in [0.1, 0.15) is 0 Å². The summed E-state index contributed by atoms with van der Waals surface area (Å²) in [5.41, 5.74) is 10.6. The van der Waals surface area contributed by atoms with Crippen LogP contribution in [0.15, 0.2) is 77.8 Å². The van der Waals surface area contributed by atoms with Crippen molar-refractivity contribution in [3.05, 3.63) is 89.6 Å². The van der Waals surface area contributed by atoms with Gasteiger partial charge in [0.25, 0.3) is 10.0 Å². The lowest BCUT2D eigenvalue weighted by Crippen LogP contribution is -2.36. The van der Waals surface area contributed by atoms with E-state index < -0.39 is 26.6 Å². The van der Waals surface area contributed by atoms with Gasteiger partial charge in [0.05, 0.1) is 30.9 Å². The number of aromatic nitrogens is 2. The highest BCUT2D eigenvalue weighted by atomic mass is 35.5. The number of nitrogens with one attached hydrogen (secondary N) is 1. The van der Waals surface area contributed by atoms with Crippen molar-refractivity contribution in [2.75, 3.05) is 48.8 Å². The van der Waals surface area contributed by atoms with Crippen LogP contribution in [0.5, 0.6) is 5.88 Å². The van der Waals surface area contributed by atoms with Gasteiger partial charge in [-0.1, -0.05) is 23.7 Å². The summed E-state index contributed by atoms with van der Waals surface area (Å²) in [4.78, 5) is 10.3. The van der Waals surface area contributed by atoms with Crippen LogP contribution in [0.25, 0.3) is 33.2 Å². The molecule has 44 heavy (non-hydrogen) atoms. The Kier molecular flexibility index (Phi) is 7.97.